The second-order valence-corrected chi connectivity index (χ2v) is 5.06. The summed E-state index contributed by atoms with van der Waals surface area (Å²) in [5.74, 6) is 0.855. The molecule has 0 amide bonds. The molecule has 0 fully saturated rings. The van der Waals surface area contributed by atoms with Gasteiger partial charge in [-0.25, -0.2) is 4.79 Å². The van der Waals surface area contributed by atoms with Crippen LogP contribution in [0.15, 0.2) is 36.4 Å². The Kier molecular flexibility index (Phi) is 4.85. The van der Waals surface area contributed by atoms with Gasteiger partial charge in [-0.15, -0.1) is 0 Å². The predicted molar refractivity (Wildman–Crippen MR) is 80.6 cm³/mol. The number of hydrogen-bond acceptors (Lipinski definition) is 3. The first-order valence-electron chi connectivity index (χ1n) is 6.51. The summed E-state index contributed by atoms with van der Waals surface area (Å²) in [5.41, 5.74) is 0.461. The number of ether oxygens (including phenoxy) is 2. The van der Waals surface area contributed by atoms with Gasteiger partial charge in [0.2, 0.25) is 0 Å². The molecule has 20 heavy (non-hydrogen) atoms. The predicted octanol–water partition coefficient (Wildman–Crippen LogP) is 4.54. The Balaban J connectivity index is 2.06. The normalized spacial score (nSPS) is 12.2. The molecule has 1 atom stereocenters. The van der Waals surface area contributed by atoms with Crippen LogP contribution in [0.2, 0.25) is 0 Å². The fourth-order valence-corrected chi connectivity index (χ4v) is 2.29. The summed E-state index contributed by atoms with van der Waals surface area (Å²) in [7, 11) is 1.66. The number of aryl methyl sites for hydroxylation is 1. The van der Waals surface area contributed by atoms with Crippen LogP contribution in [0.5, 0.6) is 5.75 Å². The highest BCUT2D eigenvalue weighted by atomic mass is 35.5. The van der Waals surface area contributed by atoms with E-state index in [9.17, 15) is 4.79 Å². The summed E-state index contributed by atoms with van der Waals surface area (Å²) >= 11 is 5.19. The minimum absolute atomic E-state index is 0.174. The van der Waals surface area contributed by atoms with Crippen molar-refractivity contribution in [3.63, 3.8) is 0 Å². The van der Waals surface area contributed by atoms with Gasteiger partial charge in [0, 0.05) is 11.6 Å². The van der Waals surface area contributed by atoms with Crippen molar-refractivity contribution < 1.29 is 14.3 Å². The van der Waals surface area contributed by atoms with Crippen molar-refractivity contribution in [2.75, 3.05) is 7.11 Å². The number of methoxy groups -OCH3 is 1. The van der Waals surface area contributed by atoms with Crippen molar-refractivity contribution in [1.29, 1.82) is 0 Å². The smallest absolute Gasteiger partial charge is 0.404 e. The molecule has 0 aliphatic heterocycles. The standard InChI is InChI=1S/C16H17ClO3/c1-11(20-16(17)18)3-4-12-5-6-14-10-15(19-2)8-7-13(14)9-12/h5-11H,3-4H2,1-2H3/t11-/m1/s1. The molecule has 4 heteroatoms. The molecule has 0 radical (unpaired) electrons. The molecule has 2 aromatic rings. The van der Waals surface area contributed by atoms with Crippen molar-refractivity contribution in [2.45, 2.75) is 25.9 Å². The topological polar surface area (TPSA) is 35.5 Å². The van der Waals surface area contributed by atoms with Crippen LogP contribution < -0.4 is 4.74 Å². The summed E-state index contributed by atoms with van der Waals surface area (Å²) in [6.07, 6.45) is 1.42. The van der Waals surface area contributed by atoms with Crippen LogP contribution >= 0.6 is 11.6 Å². The lowest BCUT2D eigenvalue weighted by Gasteiger charge is -2.11. The van der Waals surface area contributed by atoms with Gasteiger partial charge in [0.15, 0.2) is 0 Å². The average molecular weight is 293 g/mol. The van der Waals surface area contributed by atoms with Crippen molar-refractivity contribution >= 4 is 27.8 Å². The lowest BCUT2D eigenvalue weighted by Crippen LogP contribution is -2.10. The van der Waals surface area contributed by atoms with Crippen LogP contribution in [-0.4, -0.2) is 18.6 Å². The number of carbonyl (C=O) groups excluding carboxylic acids is 1. The lowest BCUT2D eigenvalue weighted by atomic mass is 10.0. The lowest BCUT2D eigenvalue weighted by molar-refractivity contribution is 0.126. The van der Waals surface area contributed by atoms with Crippen molar-refractivity contribution in [1.82, 2.24) is 0 Å². The maximum atomic E-state index is 10.6. The molecule has 0 aliphatic rings. The van der Waals surface area contributed by atoms with Crippen LogP contribution in [0, 0.1) is 0 Å². The molecule has 0 N–H and O–H groups in total. The van der Waals surface area contributed by atoms with Gasteiger partial charge in [-0.05, 0) is 48.2 Å². The van der Waals surface area contributed by atoms with E-state index in [1.165, 1.54) is 10.9 Å². The van der Waals surface area contributed by atoms with Gasteiger partial charge in [0.1, 0.15) is 11.9 Å². The molecule has 0 aliphatic carbocycles. The summed E-state index contributed by atoms with van der Waals surface area (Å²) < 4.78 is 10.1. The second-order valence-electron chi connectivity index (χ2n) is 4.75. The first-order chi connectivity index (χ1) is 9.58. The monoisotopic (exact) mass is 292 g/mol. The van der Waals surface area contributed by atoms with Crippen molar-refractivity contribution in [3.05, 3.63) is 42.0 Å². The maximum absolute atomic E-state index is 10.6. The highest BCUT2D eigenvalue weighted by molar-refractivity contribution is 6.61. The number of halogens is 1. The molecule has 3 nitrogen and oxygen atoms in total. The van der Waals surface area contributed by atoms with E-state index in [-0.39, 0.29) is 6.10 Å². The maximum Gasteiger partial charge on any atom is 0.404 e. The molecule has 2 aromatic carbocycles. The van der Waals surface area contributed by atoms with Crippen LogP contribution in [0.3, 0.4) is 0 Å². The Morgan fingerprint density at radius 1 is 1.20 bits per heavy atom. The molecule has 2 rings (SSSR count). The number of fused-ring (bicyclic) bond motifs is 1. The zero-order chi connectivity index (χ0) is 14.5. The Morgan fingerprint density at radius 3 is 2.60 bits per heavy atom. The van der Waals surface area contributed by atoms with Gasteiger partial charge >= 0.3 is 5.43 Å². The highest BCUT2D eigenvalue weighted by Crippen LogP contribution is 2.22. The third kappa shape index (κ3) is 3.87. The van der Waals surface area contributed by atoms with Crippen molar-refractivity contribution in [3.8, 4) is 5.75 Å². The molecule has 0 saturated heterocycles. The molecule has 0 heterocycles. The molecule has 0 saturated carbocycles. The summed E-state index contributed by atoms with van der Waals surface area (Å²) in [5, 5.41) is 2.32. The quantitative estimate of drug-likeness (QED) is 0.759. The average Bonchev–Trinajstić information content (AvgIpc) is 2.43. The summed E-state index contributed by atoms with van der Waals surface area (Å²) in [4.78, 5) is 10.6. The summed E-state index contributed by atoms with van der Waals surface area (Å²) in [6, 6.07) is 12.3. The van der Waals surface area contributed by atoms with E-state index in [1.807, 2.05) is 25.1 Å². The van der Waals surface area contributed by atoms with E-state index in [4.69, 9.17) is 21.1 Å². The Labute approximate surface area is 123 Å². The van der Waals surface area contributed by atoms with Crippen LogP contribution in [0.1, 0.15) is 18.9 Å². The fourth-order valence-electron chi connectivity index (χ4n) is 2.14. The van der Waals surface area contributed by atoms with E-state index in [1.54, 1.807) is 7.11 Å². The first kappa shape index (κ1) is 14.7. The number of rotatable bonds is 5. The van der Waals surface area contributed by atoms with E-state index in [0.717, 1.165) is 24.0 Å². The Hall–Kier alpha value is -1.74. The Morgan fingerprint density at radius 2 is 1.90 bits per heavy atom. The van der Waals surface area contributed by atoms with E-state index in [0.29, 0.717) is 0 Å². The molecular formula is C16H17ClO3. The molecule has 0 bridgehead atoms. The van der Waals surface area contributed by atoms with Gasteiger partial charge in [-0.1, -0.05) is 24.3 Å². The van der Waals surface area contributed by atoms with E-state index >= 15 is 0 Å². The second kappa shape index (κ2) is 6.62. The zero-order valence-corrected chi connectivity index (χ0v) is 12.3. The van der Waals surface area contributed by atoms with Gasteiger partial charge in [0.25, 0.3) is 0 Å². The van der Waals surface area contributed by atoms with Gasteiger partial charge in [-0.2, -0.15) is 0 Å². The van der Waals surface area contributed by atoms with Gasteiger partial charge < -0.3 is 9.47 Å². The zero-order valence-electron chi connectivity index (χ0n) is 11.6. The molecule has 106 valence electrons. The third-order valence-corrected chi connectivity index (χ3v) is 3.33. The number of carbonyl (C=O) groups is 1. The van der Waals surface area contributed by atoms with Crippen LogP contribution in [0.25, 0.3) is 10.8 Å². The fraction of sp³-hybridized carbons (Fsp3) is 0.312. The molecule has 0 aromatic heterocycles. The molecular weight excluding hydrogens is 276 g/mol. The first-order valence-corrected chi connectivity index (χ1v) is 6.89. The number of benzene rings is 2. The van der Waals surface area contributed by atoms with Crippen LogP contribution in [-0.2, 0) is 11.2 Å². The van der Waals surface area contributed by atoms with Gasteiger partial charge in [-0.3, -0.25) is 0 Å². The van der Waals surface area contributed by atoms with E-state index in [2.05, 4.69) is 18.2 Å². The number of hydrogen-bond donors (Lipinski definition) is 0. The SMILES string of the molecule is COc1ccc2cc(CC[C@@H](C)OC(=O)Cl)ccc2c1. The minimum atomic E-state index is -0.747. The molecule has 0 spiro atoms. The Bertz CT molecular complexity index is 610. The van der Waals surface area contributed by atoms with Crippen molar-refractivity contribution in [2.24, 2.45) is 0 Å². The summed E-state index contributed by atoms with van der Waals surface area (Å²) in [6.45, 7) is 1.84. The highest BCUT2D eigenvalue weighted by Gasteiger charge is 2.07. The van der Waals surface area contributed by atoms with Crippen LogP contribution in [0.4, 0.5) is 4.79 Å². The minimum Gasteiger partial charge on any atom is -0.497 e. The van der Waals surface area contributed by atoms with Gasteiger partial charge in [0.05, 0.1) is 7.11 Å². The van der Waals surface area contributed by atoms with E-state index < -0.39 is 5.43 Å². The largest absolute Gasteiger partial charge is 0.497 e. The molecule has 0 unspecified atom stereocenters. The third-order valence-electron chi connectivity index (χ3n) is 3.25.